The average Bonchev–Trinajstić information content (AvgIpc) is 2.09. The van der Waals surface area contributed by atoms with Crippen molar-refractivity contribution in [2.75, 3.05) is 13.1 Å². The Labute approximate surface area is 91.8 Å². The maximum atomic E-state index is 11.7. The number of nitrogens with two attached hydrogens (primary N) is 1. The van der Waals surface area contributed by atoms with Crippen LogP contribution in [0.2, 0.25) is 0 Å². The minimum atomic E-state index is 0.156. The maximum absolute atomic E-state index is 11.7. The van der Waals surface area contributed by atoms with Crippen LogP contribution >= 0.6 is 0 Å². The van der Waals surface area contributed by atoms with Crippen LogP contribution in [0.5, 0.6) is 0 Å². The van der Waals surface area contributed by atoms with Gasteiger partial charge in [-0.15, -0.1) is 0 Å². The second-order valence-electron chi connectivity index (χ2n) is 5.34. The fraction of sp³-hybridized carbons (Fsp3) is 0.917. The molecule has 0 spiro atoms. The molecule has 0 atom stereocenters. The van der Waals surface area contributed by atoms with E-state index in [-0.39, 0.29) is 11.3 Å². The maximum Gasteiger partial charge on any atom is 0.220 e. The third kappa shape index (κ3) is 2.51. The summed E-state index contributed by atoms with van der Waals surface area (Å²) in [5, 5.41) is 3.05. The van der Waals surface area contributed by atoms with Gasteiger partial charge < -0.3 is 11.1 Å². The molecule has 2 saturated carbocycles. The van der Waals surface area contributed by atoms with Gasteiger partial charge in [-0.05, 0) is 43.6 Å². The first-order valence-corrected chi connectivity index (χ1v) is 6.21. The van der Waals surface area contributed by atoms with Gasteiger partial charge in [0.25, 0.3) is 0 Å². The van der Waals surface area contributed by atoms with E-state index in [1.807, 2.05) is 0 Å². The van der Waals surface area contributed by atoms with Gasteiger partial charge in [-0.3, -0.25) is 4.79 Å². The first-order chi connectivity index (χ1) is 7.24. The molecule has 1 amide bonds. The van der Waals surface area contributed by atoms with E-state index in [9.17, 15) is 4.79 Å². The molecule has 0 bridgehead atoms. The van der Waals surface area contributed by atoms with E-state index in [4.69, 9.17) is 5.73 Å². The van der Waals surface area contributed by atoms with Crippen molar-refractivity contribution in [1.82, 2.24) is 5.32 Å². The Bertz CT molecular complexity index is 226. The van der Waals surface area contributed by atoms with E-state index in [1.165, 1.54) is 25.7 Å². The van der Waals surface area contributed by atoms with E-state index < -0.39 is 0 Å². The van der Waals surface area contributed by atoms with Crippen LogP contribution in [0.3, 0.4) is 0 Å². The zero-order valence-corrected chi connectivity index (χ0v) is 9.43. The van der Waals surface area contributed by atoms with Crippen LogP contribution in [0.1, 0.15) is 44.9 Å². The number of amides is 1. The molecule has 2 aliphatic carbocycles. The first kappa shape index (κ1) is 10.9. The lowest BCUT2D eigenvalue weighted by molar-refractivity contribution is -0.125. The monoisotopic (exact) mass is 210 g/mol. The molecule has 2 rings (SSSR count). The van der Waals surface area contributed by atoms with Crippen LogP contribution in [-0.4, -0.2) is 19.0 Å². The zero-order valence-electron chi connectivity index (χ0n) is 9.43. The van der Waals surface area contributed by atoms with Crippen LogP contribution in [0.25, 0.3) is 0 Å². The molecule has 0 unspecified atom stereocenters. The molecule has 0 saturated heterocycles. The zero-order chi connectivity index (χ0) is 10.7. The number of carbonyl (C=O) groups is 1. The molecule has 0 aromatic carbocycles. The molecular weight excluding hydrogens is 188 g/mol. The number of hydrogen-bond acceptors (Lipinski definition) is 2. The van der Waals surface area contributed by atoms with Crippen LogP contribution in [-0.2, 0) is 4.79 Å². The molecule has 15 heavy (non-hydrogen) atoms. The summed E-state index contributed by atoms with van der Waals surface area (Å²) in [6.45, 7) is 1.56. The molecule has 0 aromatic heterocycles. The molecular formula is C12H22N2O. The fourth-order valence-electron chi connectivity index (χ4n) is 2.49. The Morgan fingerprint density at radius 1 is 1.33 bits per heavy atom. The molecule has 0 radical (unpaired) electrons. The van der Waals surface area contributed by atoms with Crippen molar-refractivity contribution in [2.45, 2.75) is 44.9 Å². The molecule has 0 heterocycles. The van der Waals surface area contributed by atoms with Gasteiger partial charge in [0.2, 0.25) is 5.91 Å². The topological polar surface area (TPSA) is 55.1 Å². The minimum absolute atomic E-state index is 0.156. The smallest absolute Gasteiger partial charge is 0.220 e. The minimum Gasteiger partial charge on any atom is -0.356 e. The summed E-state index contributed by atoms with van der Waals surface area (Å²) < 4.78 is 0. The van der Waals surface area contributed by atoms with Crippen molar-refractivity contribution in [2.24, 2.45) is 17.1 Å². The second kappa shape index (κ2) is 4.52. The van der Waals surface area contributed by atoms with E-state index in [1.54, 1.807) is 0 Å². The Hall–Kier alpha value is -0.570. The van der Waals surface area contributed by atoms with Gasteiger partial charge in [-0.2, -0.15) is 0 Å². The third-order valence-corrected chi connectivity index (χ3v) is 4.20. The van der Waals surface area contributed by atoms with Crippen molar-refractivity contribution in [3.8, 4) is 0 Å². The largest absolute Gasteiger partial charge is 0.356 e. The summed E-state index contributed by atoms with van der Waals surface area (Å²) in [5.74, 6) is 0.969. The average molecular weight is 210 g/mol. The highest BCUT2D eigenvalue weighted by Crippen LogP contribution is 2.42. The van der Waals surface area contributed by atoms with Gasteiger partial charge in [0.1, 0.15) is 0 Å². The van der Waals surface area contributed by atoms with Gasteiger partial charge in [0, 0.05) is 13.0 Å². The van der Waals surface area contributed by atoms with Crippen molar-refractivity contribution in [3.63, 3.8) is 0 Å². The predicted octanol–water partition coefficient (Wildman–Crippen LogP) is 1.42. The standard InChI is InChI=1S/C12H22N2O/c13-9-12(5-2-6-12)7-11(15)14-8-10-3-1-4-10/h10H,1-9,13H2,(H,14,15). The number of rotatable bonds is 5. The molecule has 3 heteroatoms. The van der Waals surface area contributed by atoms with Gasteiger partial charge in [-0.25, -0.2) is 0 Å². The summed E-state index contributed by atoms with van der Waals surface area (Å²) in [6.07, 6.45) is 8.10. The highest BCUT2D eigenvalue weighted by Gasteiger charge is 2.37. The molecule has 86 valence electrons. The molecule has 3 N–H and O–H groups in total. The van der Waals surface area contributed by atoms with Gasteiger partial charge in [-0.1, -0.05) is 12.8 Å². The molecule has 0 aliphatic heterocycles. The van der Waals surface area contributed by atoms with E-state index in [2.05, 4.69) is 5.32 Å². The lowest BCUT2D eigenvalue weighted by Gasteiger charge is -2.40. The van der Waals surface area contributed by atoms with Crippen molar-refractivity contribution < 1.29 is 4.79 Å². The number of nitrogens with one attached hydrogen (secondary N) is 1. The Morgan fingerprint density at radius 3 is 2.47 bits per heavy atom. The second-order valence-corrected chi connectivity index (χ2v) is 5.34. The summed E-state index contributed by atoms with van der Waals surface area (Å²) in [5.41, 5.74) is 5.89. The van der Waals surface area contributed by atoms with Gasteiger partial charge in [0.05, 0.1) is 0 Å². The van der Waals surface area contributed by atoms with Gasteiger partial charge >= 0.3 is 0 Å². The van der Waals surface area contributed by atoms with Crippen LogP contribution < -0.4 is 11.1 Å². The molecule has 2 fully saturated rings. The summed E-state index contributed by atoms with van der Waals surface area (Å²) >= 11 is 0. The Morgan fingerprint density at radius 2 is 2.07 bits per heavy atom. The molecule has 2 aliphatic rings. The summed E-state index contributed by atoms with van der Waals surface area (Å²) in [4.78, 5) is 11.7. The van der Waals surface area contributed by atoms with Crippen molar-refractivity contribution >= 4 is 5.91 Å². The molecule has 0 aromatic rings. The molecule has 3 nitrogen and oxygen atoms in total. The van der Waals surface area contributed by atoms with Crippen molar-refractivity contribution in [3.05, 3.63) is 0 Å². The highest BCUT2D eigenvalue weighted by atomic mass is 16.1. The number of carbonyl (C=O) groups excluding carboxylic acids is 1. The third-order valence-electron chi connectivity index (χ3n) is 4.20. The first-order valence-electron chi connectivity index (χ1n) is 6.21. The van der Waals surface area contributed by atoms with E-state index >= 15 is 0 Å². The quantitative estimate of drug-likeness (QED) is 0.721. The Balaban J connectivity index is 1.66. The summed E-state index contributed by atoms with van der Waals surface area (Å²) in [6, 6.07) is 0. The normalized spacial score (nSPS) is 24.1. The van der Waals surface area contributed by atoms with Gasteiger partial charge in [0.15, 0.2) is 0 Å². The fourth-order valence-corrected chi connectivity index (χ4v) is 2.49. The SMILES string of the molecule is NCC1(CC(=O)NCC2CCC2)CCC1. The highest BCUT2D eigenvalue weighted by molar-refractivity contribution is 5.76. The van der Waals surface area contributed by atoms with Crippen LogP contribution in [0.15, 0.2) is 0 Å². The van der Waals surface area contributed by atoms with Crippen LogP contribution in [0.4, 0.5) is 0 Å². The van der Waals surface area contributed by atoms with E-state index in [0.29, 0.717) is 13.0 Å². The lowest BCUT2D eigenvalue weighted by Crippen LogP contribution is -2.43. The Kier molecular flexibility index (Phi) is 3.29. The summed E-state index contributed by atoms with van der Waals surface area (Å²) in [7, 11) is 0. The van der Waals surface area contributed by atoms with E-state index in [0.717, 1.165) is 25.3 Å². The van der Waals surface area contributed by atoms with Crippen LogP contribution in [0, 0.1) is 11.3 Å². The number of hydrogen-bond donors (Lipinski definition) is 2. The predicted molar refractivity (Wildman–Crippen MR) is 60.3 cm³/mol. The lowest BCUT2D eigenvalue weighted by atomic mass is 9.66. The van der Waals surface area contributed by atoms with Crippen molar-refractivity contribution in [1.29, 1.82) is 0 Å².